The molecule has 118 valence electrons. The van der Waals surface area contributed by atoms with Gasteiger partial charge in [-0.3, -0.25) is 0 Å². The predicted molar refractivity (Wildman–Crippen MR) is 94.5 cm³/mol. The Hall–Kier alpha value is -1.22. The molecule has 0 fully saturated rings. The molecule has 0 aliphatic heterocycles. The zero-order chi connectivity index (χ0) is 16.2. The predicted octanol–water partition coefficient (Wildman–Crippen LogP) is 5.55. The first-order chi connectivity index (χ1) is 10.4. The lowest BCUT2D eigenvalue weighted by atomic mass is 10.1. The van der Waals surface area contributed by atoms with E-state index in [4.69, 9.17) is 27.9 Å². The topological polar surface area (TPSA) is 12.5 Å². The van der Waals surface area contributed by atoms with E-state index in [1.807, 2.05) is 61.2 Å². The van der Waals surface area contributed by atoms with Crippen LogP contribution in [0.2, 0.25) is 0 Å². The zero-order valence-corrected chi connectivity index (χ0v) is 14.6. The minimum Gasteiger partial charge on any atom is -0.475 e. The van der Waals surface area contributed by atoms with Crippen LogP contribution in [0.1, 0.15) is 20.8 Å². The summed E-state index contributed by atoms with van der Waals surface area (Å²) in [4.78, 5) is 1.89. The summed E-state index contributed by atoms with van der Waals surface area (Å²) in [5.41, 5.74) is 2.17. The molecule has 2 nitrogen and oxygen atoms in total. The van der Waals surface area contributed by atoms with Gasteiger partial charge >= 0.3 is 0 Å². The van der Waals surface area contributed by atoms with Gasteiger partial charge in [0, 0.05) is 12.1 Å². The van der Waals surface area contributed by atoms with E-state index in [1.54, 1.807) is 6.92 Å². The second-order valence-electron chi connectivity index (χ2n) is 5.21. The number of nitrogens with zero attached hydrogens (tertiary/aromatic N) is 1. The Labute approximate surface area is 142 Å². The molecular weight excluding hydrogens is 317 g/mol. The smallest absolute Gasteiger partial charge is 0.171 e. The molecule has 0 saturated heterocycles. The van der Waals surface area contributed by atoms with Crippen LogP contribution in [0.4, 0.5) is 0 Å². The van der Waals surface area contributed by atoms with Gasteiger partial charge in [0.1, 0.15) is 5.75 Å². The Morgan fingerprint density at radius 1 is 1.05 bits per heavy atom. The molecule has 0 N–H and O–H groups in total. The van der Waals surface area contributed by atoms with Gasteiger partial charge in [0.2, 0.25) is 0 Å². The van der Waals surface area contributed by atoms with Gasteiger partial charge in [-0.25, -0.2) is 4.90 Å². The number of hydrogen-bond acceptors (Lipinski definition) is 2. The molecule has 0 radical (unpaired) electrons. The Morgan fingerprint density at radius 3 is 2.23 bits per heavy atom. The highest BCUT2D eigenvalue weighted by Crippen LogP contribution is 2.33. The molecule has 22 heavy (non-hydrogen) atoms. The average Bonchev–Trinajstić information content (AvgIpc) is 2.48. The fraction of sp³-hybridized carbons (Fsp3) is 0.333. The molecule has 0 heterocycles. The summed E-state index contributed by atoms with van der Waals surface area (Å²) in [6, 6.07) is 18.2. The zero-order valence-electron chi connectivity index (χ0n) is 13.1. The number of ether oxygens (including phenoxy) is 1. The van der Waals surface area contributed by atoms with E-state index < -0.39 is 4.46 Å². The van der Waals surface area contributed by atoms with E-state index >= 15 is 0 Å². The Balaban J connectivity index is 2.27. The molecule has 0 amide bonds. The van der Waals surface area contributed by atoms with Crippen molar-refractivity contribution in [1.29, 1.82) is 0 Å². The van der Waals surface area contributed by atoms with Crippen LogP contribution in [-0.4, -0.2) is 22.1 Å². The van der Waals surface area contributed by atoms with Crippen LogP contribution >= 0.6 is 23.2 Å². The molecule has 0 bridgehead atoms. The van der Waals surface area contributed by atoms with Crippen molar-refractivity contribution in [2.45, 2.75) is 31.5 Å². The average molecular weight is 338 g/mol. The van der Waals surface area contributed by atoms with Crippen molar-refractivity contribution in [1.82, 2.24) is 4.90 Å². The molecule has 2 aromatic rings. The van der Waals surface area contributed by atoms with Gasteiger partial charge in [0.15, 0.2) is 10.7 Å². The van der Waals surface area contributed by atoms with Crippen molar-refractivity contribution in [3.8, 4) is 16.9 Å². The molecule has 0 saturated carbocycles. The van der Waals surface area contributed by atoms with Crippen molar-refractivity contribution in [2.24, 2.45) is 0 Å². The van der Waals surface area contributed by atoms with Crippen molar-refractivity contribution in [2.75, 3.05) is 6.54 Å². The first kappa shape index (κ1) is 17.1. The van der Waals surface area contributed by atoms with Gasteiger partial charge in [-0.15, -0.1) is 0 Å². The fourth-order valence-corrected chi connectivity index (χ4v) is 3.04. The van der Waals surface area contributed by atoms with Crippen molar-refractivity contribution in [3.63, 3.8) is 0 Å². The molecule has 0 aliphatic carbocycles. The number of halogens is 2. The maximum Gasteiger partial charge on any atom is 0.171 e. The summed E-state index contributed by atoms with van der Waals surface area (Å²) in [7, 11) is 0. The maximum absolute atomic E-state index is 6.23. The van der Waals surface area contributed by atoms with E-state index in [0.29, 0.717) is 6.54 Å². The number of hydrogen-bond donors (Lipinski definition) is 0. The molecular formula is C18H21Cl2NO. The first-order valence-corrected chi connectivity index (χ1v) is 8.14. The number of alkyl halides is 2. The van der Waals surface area contributed by atoms with Gasteiger partial charge in [-0.2, -0.15) is 0 Å². The fourth-order valence-electron chi connectivity index (χ4n) is 2.53. The van der Waals surface area contributed by atoms with Crippen molar-refractivity contribution < 1.29 is 4.74 Å². The number of rotatable bonds is 6. The van der Waals surface area contributed by atoms with Crippen LogP contribution in [0, 0.1) is 0 Å². The summed E-state index contributed by atoms with van der Waals surface area (Å²) >= 11 is 12.5. The lowest BCUT2D eigenvalue weighted by Gasteiger charge is -2.35. The SMILES string of the molecule is CCN(C(C)Oc1ccccc1-c1ccccc1)C(C)(Cl)Cl. The van der Waals surface area contributed by atoms with Crippen LogP contribution in [-0.2, 0) is 0 Å². The lowest BCUT2D eigenvalue weighted by Crippen LogP contribution is -2.46. The largest absolute Gasteiger partial charge is 0.475 e. The minimum absolute atomic E-state index is 0.241. The molecule has 2 rings (SSSR count). The summed E-state index contributed by atoms with van der Waals surface area (Å²) in [5, 5.41) is 0. The van der Waals surface area contributed by atoms with Gasteiger partial charge < -0.3 is 4.74 Å². The van der Waals surface area contributed by atoms with Gasteiger partial charge in [-0.05, 0) is 25.5 Å². The lowest BCUT2D eigenvalue weighted by molar-refractivity contribution is 0.0263. The molecule has 4 heteroatoms. The highest BCUT2D eigenvalue weighted by molar-refractivity contribution is 6.47. The normalized spacial score (nSPS) is 13.2. The minimum atomic E-state index is -0.976. The van der Waals surface area contributed by atoms with E-state index in [9.17, 15) is 0 Å². The molecule has 0 spiro atoms. The third kappa shape index (κ3) is 4.16. The van der Waals surface area contributed by atoms with Gasteiger partial charge in [0.25, 0.3) is 0 Å². The third-order valence-electron chi connectivity index (χ3n) is 3.55. The van der Waals surface area contributed by atoms with Crippen molar-refractivity contribution >= 4 is 23.2 Å². The standard InChI is InChI=1S/C18H21Cl2NO/c1-4-21(18(3,19)20)14(2)22-17-13-9-8-12-16(17)15-10-6-5-7-11-15/h5-14H,4H2,1-3H3. The highest BCUT2D eigenvalue weighted by atomic mass is 35.5. The Bertz CT molecular complexity index is 596. The van der Waals surface area contributed by atoms with Crippen molar-refractivity contribution in [3.05, 3.63) is 54.6 Å². The van der Waals surface area contributed by atoms with E-state index in [0.717, 1.165) is 16.9 Å². The number of benzene rings is 2. The second kappa shape index (κ2) is 7.36. The van der Waals surface area contributed by atoms with E-state index in [2.05, 4.69) is 12.1 Å². The molecule has 1 unspecified atom stereocenters. The van der Waals surface area contributed by atoms with Crippen LogP contribution in [0.5, 0.6) is 5.75 Å². The summed E-state index contributed by atoms with van der Waals surface area (Å²) < 4.78 is 5.16. The Morgan fingerprint density at radius 2 is 1.64 bits per heavy atom. The van der Waals surface area contributed by atoms with Crippen LogP contribution in [0.3, 0.4) is 0 Å². The van der Waals surface area contributed by atoms with Crippen LogP contribution < -0.4 is 4.74 Å². The van der Waals surface area contributed by atoms with Gasteiger partial charge in [-0.1, -0.05) is 78.7 Å². The quantitative estimate of drug-likeness (QED) is 0.389. The molecule has 0 aliphatic rings. The molecule has 1 atom stereocenters. The van der Waals surface area contributed by atoms with Crippen LogP contribution in [0.25, 0.3) is 11.1 Å². The van der Waals surface area contributed by atoms with Gasteiger partial charge in [0.05, 0.1) is 0 Å². The first-order valence-electron chi connectivity index (χ1n) is 7.39. The molecule has 2 aromatic carbocycles. The summed E-state index contributed by atoms with van der Waals surface area (Å²) in [5.74, 6) is 0.817. The third-order valence-corrected chi connectivity index (χ3v) is 3.99. The second-order valence-corrected chi connectivity index (χ2v) is 6.87. The number of para-hydroxylation sites is 1. The highest BCUT2D eigenvalue weighted by Gasteiger charge is 2.30. The monoisotopic (exact) mass is 337 g/mol. The Kier molecular flexibility index (Phi) is 5.74. The summed E-state index contributed by atoms with van der Waals surface area (Å²) in [6.45, 7) is 6.40. The molecule has 0 aromatic heterocycles. The van der Waals surface area contributed by atoms with E-state index in [-0.39, 0.29) is 6.23 Å². The summed E-state index contributed by atoms with van der Waals surface area (Å²) in [6.07, 6.45) is -0.241. The van der Waals surface area contributed by atoms with Crippen LogP contribution in [0.15, 0.2) is 54.6 Å². The van der Waals surface area contributed by atoms with E-state index in [1.165, 1.54) is 0 Å². The maximum atomic E-state index is 6.23.